The molecule has 118 valence electrons. The highest BCUT2D eigenvalue weighted by atomic mass is 35.5. The zero-order valence-electron chi connectivity index (χ0n) is 12.8. The molecule has 2 rings (SSSR count). The van der Waals surface area contributed by atoms with Gasteiger partial charge in [0.2, 0.25) is 0 Å². The van der Waals surface area contributed by atoms with Gasteiger partial charge in [-0.05, 0) is 45.5 Å². The van der Waals surface area contributed by atoms with Crippen molar-refractivity contribution < 1.29 is 9.84 Å². The van der Waals surface area contributed by atoms with E-state index in [1.165, 1.54) is 0 Å². The molecule has 0 radical (unpaired) electrons. The van der Waals surface area contributed by atoms with Crippen LogP contribution in [0, 0.1) is 0 Å². The lowest BCUT2D eigenvalue weighted by molar-refractivity contribution is 0.0954. The highest BCUT2D eigenvalue weighted by Gasteiger charge is 2.22. The molecule has 1 saturated heterocycles. The summed E-state index contributed by atoms with van der Waals surface area (Å²) in [5, 5.41) is 14.0. The van der Waals surface area contributed by atoms with E-state index < -0.39 is 6.10 Å². The third-order valence-electron chi connectivity index (χ3n) is 4.12. The Morgan fingerprint density at radius 1 is 1.48 bits per heavy atom. The van der Waals surface area contributed by atoms with E-state index in [4.69, 9.17) is 16.3 Å². The minimum Gasteiger partial charge on any atom is -0.489 e. The van der Waals surface area contributed by atoms with E-state index in [1.807, 2.05) is 12.1 Å². The molecule has 21 heavy (non-hydrogen) atoms. The fourth-order valence-electron chi connectivity index (χ4n) is 2.58. The summed E-state index contributed by atoms with van der Waals surface area (Å²) in [6.45, 7) is 4.14. The van der Waals surface area contributed by atoms with E-state index in [2.05, 4.69) is 24.2 Å². The normalized spacial score (nSPS) is 24.8. The van der Waals surface area contributed by atoms with Crippen molar-refractivity contribution in [3.63, 3.8) is 0 Å². The summed E-state index contributed by atoms with van der Waals surface area (Å²) in [6, 6.07) is 8.38. The molecule has 3 atom stereocenters. The number of aliphatic hydroxyl groups excluding tert-OH is 1. The van der Waals surface area contributed by atoms with Gasteiger partial charge in [0, 0.05) is 18.6 Å². The number of para-hydroxylation sites is 1. The molecule has 1 heterocycles. The number of ether oxygens (including phenoxy) is 1. The van der Waals surface area contributed by atoms with Crippen LogP contribution in [0.1, 0.15) is 19.8 Å². The molecule has 4 nitrogen and oxygen atoms in total. The summed E-state index contributed by atoms with van der Waals surface area (Å²) >= 11 is 6.01. The molecule has 1 fully saturated rings. The largest absolute Gasteiger partial charge is 0.489 e. The molecule has 0 aromatic heterocycles. The molecule has 1 aliphatic heterocycles. The highest BCUT2D eigenvalue weighted by molar-refractivity contribution is 6.32. The van der Waals surface area contributed by atoms with Gasteiger partial charge in [-0.25, -0.2) is 0 Å². The maximum atomic E-state index is 10.0. The van der Waals surface area contributed by atoms with Gasteiger partial charge in [0.05, 0.1) is 5.02 Å². The Labute approximate surface area is 132 Å². The van der Waals surface area contributed by atoms with Gasteiger partial charge in [0.25, 0.3) is 0 Å². The number of piperidine rings is 1. The first-order valence-corrected chi connectivity index (χ1v) is 7.93. The topological polar surface area (TPSA) is 44.7 Å². The molecule has 5 heteroatoms. The van der Waals surface area contributed by atoms with E-state index in [0.717, 1.165) is 19.4 Å². The van der Waals surface area contributed by atoms with Crippen LogP contribution in [0.3, 0.4) is 0 Å². The zero-order valence-corrected chi connectivity index (χ0v) is 13.5. The first-order chi connectivity index (χ1) is 10.1. The lowest BCUT2D eigenvalue weighted by atomic mass is 9.99. The number of rotatable bonds is 6. The summed E-state index contributed by atoms with van der Waals surface area (Å²) in [5.41, 5.74) is 0. The molecule has 1 aromatic rings. The monoisotopic (exact) mass is 312 g/mol. The molecule has 0 spiro atoms. The number of nitrogens with one attached hydrogen (secondary N) is 1. The Balaban J connectivity index is 1.68. The highest BCUT2D eigenvalue weighted by Crippen LogP contribution is 2.23. The first-order valence-electron chi connectivity index (χ1n) is 7.55. The number of hydrogen-bond donors (Lipinski definition) is 2. The van der Waals surface area contributed by atoms with Crippen LogP contribution in [0.25, 0.3) is 0 Å². The minimum atomic E-state index is -0.531. The van der Waals surface area contributed by atoms with Gasteiger partial charge in [-0.3, -0.25) is 0 Å². The Bertz CT molecular complexity index is 444. The molecule has 0 saturated carbocycles. The number of nitrogens with zero attached hydrogens (tertiary/aromatic N) is 1. The minimum absolute atomic E-state index is 0.249. The van der Waals surface area contributed by atoms with E-state index in [1.54, 1.807) is 12.1 Å². The number of halogens is 1. The standard InChI is InChI=1S/C16H25ClN2O2/c1-12-9-13(7-8-19(12)2)18-10-14(20)11-21-16-6-4-3-5-15(16)17/h3-6,12-14,18,20H,7-11H2,1-2H3. The van der Waals surface area contributed by atoms with E-state index in [0.29, 0.717) is 29.4 Å². The fourth-order valence-corrected chi connectivity index (χ4v) is 2.77. The molecule has 0 aliphatic carbocycles. The Morgan fingerprint density at radius 2 is 2.24 bits per heavy atom. The van der Waals surface area contributed by atoms with Gasteiger partial charge in [-0.1, -0.05) is 23.7 Å². The summed E-state index contributed by atoms with van der Waals surface area (Å²) < 4.78 is 5.55. The van der Waals surface area contributed by atoms with Gasteiger partial charge in [0.1, 0.15) is 18.5 Å². The van der Waals surface area contributed by atoms with E-state index in [-0.39, 0.29) is 6.61 Å². The Kier molecular flexibility index (Phi) is 6.30. The van der Waals surface area contributed by atoms with Gasteiger partial charge in [-0.2, -0.15) is 0 Å². The van der Waals surface area contributed by atoms with E-state index in [9.17, 15) is 5.11 Å². The SMILES string of the molecule is CC1CC(NCC(O)COc2ccccc2Cl)CCN1C. The number of aliphatic hydroxyl groups is 1. The second kappa shape index (κ2) is 7.99. The third kappa shape index (κ3) is 5.15. The van der Waals surface area contributed by atoms with Crippen LogP contribution in [0.15, 0.2) is 24.3 Å². The Hall–Kier alpha value is -0.810. The van der Waals surface area contributed by atoms with Crippen LogP contribution in [0.4, 0.5) is 0 Å². The van der Waals surface area contributed by atoms with Crippen molar-refractivity contribution in [2.45, 2.75) is 38.0 Å². The first kappa shape index (κ1) is 16.6. The van der Waals surface area contributed by atoms with Crippen LogP contribution >= 0.6 is 11.6 Å². The van der Waals surface area contributed by atoms with Crippen molar-refractivity contribution in [3.05, 3.63) is 29.3 Å². The molecule has 0 bridgehead atoms. The average Bonchev–Trinajstić information content (AvgIpc) is 2.47. The lowest BCUT2D eigenvalue weighted by Crippen LogP contribution is -2.47. The van der Waals surface area contributed by atoms with Crippen LogP contribution in [0.5, 0.6) is 5.75 Å². The van der Waals surface area contributed by atoms with Crippen molar-refractivity contribution in [1.82, 2.24) is 10.2 Å². The second-order valence-corrected chi connectivity index (χ2v) is 6.26. The van der Waals surface area contributed by atoms with Crippen LogP contribution in [-0.2, 0) is 0 Å². The zero-order chi connectivity index (χ0) is 15.2. The fraction of sp³-hybridized carbons (Fsp3) is 0.625. The molecular formula is C16H25ClN2O2. The summed E-state index contributed by atoms with van der Waals surface area (Å²) in [4.78, 5) is 2.37. The molecular weight excluding hydrogens is 288 g/mol. The van der Waals surface area contributed by atoms with Crippen molar-refractivity contribution in [2.75, 3.05) is 26.7 Å². The maximum Gasteiger partial charge on any atom is 0.138 e. The average molecular weight is 313 g/mol. The summed E-state index contributed by atoms with van der Waals surface area (Å²) in [5.74, 6) is 0.617. The van der Waals surface area contributed by atoms with Gasteiger partial charge in [-0.15, -0.1) is 0 Å². The van der Waals surface area contributed by atoms with Crippen LogP contribution in [0.2, 0.25) is 5.02 Å². The molecule has 1 aliphatic rings. The molecule has 1 aromatic carbocycles. The van der Waals surface area contributed by atoms with Crippen molar-refractivity contribution in [1.29, 1.82) is 0 Å². The predicted octanol–water partition coefficient (Wildman–Crippen LogP) is 2.15. The van der Waals surface area contributed by atoms with Crippen molar-refractivity contribution in [2.24, 2.45) is 0 Å². The predicted molar refractivity (Wildman–Crippen MR) is 86.1 cm³/mol. The number of likely N-dealkylation sites (tertiary alicyclic amines) is 1. The van der Waals surface area contributed by atoms with Gasteiger partial charge in [0.15, 0.2) is 0 Å². The summed E-state index contributed by atoms with van der Waals surface area (Å²) in [6.07, 6.45) is 1.71. The van der Waals surface area contributed by atoms with Crippen LogP contribution in [-0.4, -0.2) is 54.9 Å². The quantitative estimate of drug-likeness (QED) is 0.845. The third-order valence-corrected chi connectivity index (χ3v) is 4.43. The Morgan fingerprint density at radius 3 is 2.95 bits per heavy atom. The van der Waals surface area contributed by atoms with Crippen molar-refractivity contribution in [3.8, 4) is 5.75 Å². The second-order valence-electron chi connectivity index (χ2n) is 5.85. The molecule has 2 N–H and O–H groups in total. The van der Waals surface area contributed by atoms with E-state index >= 15 is 0 Å². The lowest BCUT2D eigenvalue weighted by Gasteiger charge is -2.35. The van der Waals surface area contributed by atoms with Gasteiger partial charge < -0.3 is 20.1 Å². The van der Waals surface area contributed by atoms with Crippen molar-refractivity contribution >= 4 is 11.6 Å². The van der Waals surface area contributed by atoms with Gasteiger partial charge >= 0.3 is 0 Å². The smallest absolute Gasteiger partial charge is 0.138 e. The maximum absolute atomic E-state index is 10.0. The number of benzene rings is 1. The van der Waals surface area contributed by atoms with Crippen LogP contribution < -0.4 is 10.1 Å². The molecule has 3 unspecified atom stereocenters. The molecule has 0 amide bonds. The summed E-state index contributed by atoms with van der Waals surface area (Å²) in [7, 11) is 2.16. The number of hydrogen-bond acceptors (Lipinski definition) is 4.